The highest BCUT2D eigenvalue weighted by Crippen LogP contribution is 2.36. The van der Waals surface area contributed by atoms with E-state index in [0.717, 1.165) is 12.1 Å². The third-order valence-corrected chi connectivity index (χ3v) is 5.80. The molecule has 3 aromatic rings. The minimum atomic E-state index is -4.54. The fraction of sp³-hybridized carbons (Fsp3) is 0.333. The number of hydrogen-bond acceptors (Lipinski definition) is 4. The van der Waals surface area contributed by atoms with Gasteiger partial charge in [0.15, 0.2) is 0 Å². The fourth-order valence-corrected chi connectivity index (χ4v) is 4.01. The summed E-state index contributed by atoms with van der Waals surface area (Å²) in [6, 6.07) is 9.16. The standard InChI is InChI=1S/C24H24F4N4O2/c1-15-20(16(2)32(30-15)19-6-4-18(25)5-7-19)14-23(33)29-21-13-17(24(26,27)28)3-8-22(21)31-9-11-34-12-10-31/h3-8,13H,9-12,14H2,1-2H3,(H,29,33). The van der Waals surface area contributed by atoms with Crippen molar-refractivity contribution in [2.24, 2.45) is 0 Å². The van der Waals surface area contributed by atoms with Gasteiger partial charge in [-0.05, 0) is 56.3 Å². The SMILES string of the molecule is Cc1nn(-c2ccc(F)cc2)c(C)c1CC(=O)Nc1cc(C(F)(F)F)ccc1N1CCOCC1. The van der Waals surface area contributed by atoms with Gasteiger partial charge in [-0.15, -0.1) is 0 Å². The molecule has 1 aliphatic heterocycles. The Balaban J connectivity index is 1.60. The fourth-order valence-electron chi connectivity index (χ4n) is 4.01. The maximum Gasteiger partial charge on any atom is 0.416 e. The summed E-state index contributed by atoms with van der Waals surface area (Å²) in [5, 5.41) is 7.12. The predicted octanol–water partition coefficient (Wildman–Crippen LogP) is 4.66. The second-order valence-corrected chi connectivity index (χ2v) is 8.09. The minimum Gasteiger partial charge on any atom is -0.378 e. The van der Waals surface area contributed by atoms with Gasteiger partial charge in [0.05, 0.1) is 48.0 Å². The molecule has 1 saturated heterocycles. The Bertz CT molecular complexity index is 1180. The van der Waals surface area contributed by atoms with E-state index < -0.39 is 17.6 Å². The first-order valence-corrected chi connectivity index (χ1v) is 10.8. The predicted molar refractivity (Wildman–Crippen MR) is 120 cm³/mol. The Hall–Kier alpha value is -3.40. The molecule has 0 radical (unpaired) electrons. The van der Waals surface area contributed by atoms with Crippen LogP contribution in [0.1, 0.15) is 22.5 Å². The number of carbonyl (C=O) groups excluding carboxylic acids is 1. The van der Waals surface area contributed by atoms with Crippen LogP contribution < -0.4 is 10.2 Å². The lowest BCUT2D eigenvalue weighted by atomic mass is 10.1. The van der Waals surface area contributed by atoms with E-state index in [2.05, 4.69) is 10.4 Å². The first-order valence-electron chi connectivity index (χ1n) is 10.8. The average Bonchev–Trinajstić information content (AvgIpc) is 3.08. The van der Waals surface area contributed by atoms with Gasteiger partial charge in [-0.3, -0.25) is 4.79 Å². The number of halogens is 4. The molecule has 1 aliphatic rings. The Kier molecular flexibility index (Phi) is 6.60. The topological polar surface area (TPSA) is 59.4 Å². The molecule has 6 nitrogen and oxygen atoms in total. The maximum absolute atomic E-state index is 13.3. The number of nitrogens with one attached hydrogen (secondary N) is 1. The highest BCUT2D eigenvalue weighted by molar-refractivity contribution is 5.96. The molecule has 0 unspecified atom stereocenters. The van der Waals surface area contributed by atoms with Crippen molar-refractivity contribution in [2.75, 3.05) is 36.5 Å². The quantitative estimate of drug-likeness (QED) is 0.544. The third-order valence-electron chi connectivity index (χ3n) is 5.80. The summed E-state index contributed by atoms with van der Waals surface area (Å²) in [5.74, 6) is -0.833. The second kappa shape index (κ2) is 9.46. The van der Waals surface area contributed by atoms with Crippen molar-refractivity contribution >= 4 is 17.3 Å². The van der Waals surface area contributed by atoms with Crippen LogP contribution in [0.15, 0.2) is 42.5 Å². The van der Waals surface area contributed by atoms with Crippen molar-refractivity contribution in [3.8, 4) is 5.69 Å². The zero-order valence-corrected chi connectivity index (χ0v) is 18.7. The van der Waals surface area contributed by atoms with Gasteiger partial charge in [0, 0.05) is 24.3 Å². The van der Waals surface area contributed by atoms with Crippen molar-refractivity contribution in [3.05, 3.63) is 70.8 Å². The molecule has 34 heavy (non-hydrogen) atoms. The van der Waals surface area contributed by atoms with Crippen LogP contribution in [0.2, 0.25) is 0 Å². The van der Waals surface area contributed by atoms with Gasteiger partial charge >= 0.3 is 6.18 Å². The molecule has 1 fully saturated rings. The highest BCUT2D eigenvalue weighted by atomic mass is 19.4. The maximum atomic E-state index is 13.3. The number of benzene rings is 2. The van der Waals surface area contributed by atoms with E-state index in [1.54, 1.807) is 30.7 Å². The Morgan fingerprint density at radius 3 is 2.41 bits per heavy atom. The number of rotatable bonds is 5. The largest absolute Gasteiger partial charge is 0.416 e. The van der Waals surface area contributed by atoms with Gasteiger partial charge < -0.3 is 15.0 Å². The molecular weight excluding hydrogens is 452 g/mol. The summed E-state index contributed by atoms with van der Waals surface area (Å²) in [4.78, 5) is 14.8. The number of anilines is 2. The number of morpholine rings is 1. The number of aryl methyl sites for hydroxylation is 1. The lowest BCUT2D eigenvalue weighted by Gasteiger charge is -2.31. The summed E-state index contributed by atoms with van der Waals surface area (Å²) >= 11 is 0. The van der Waals surface area contributed by atoms with Crippen LogP contribution in [0.3, 0.4) is 0 Å². The zero-order valence-electron chi connectivity index (χ0n) is 18.7. The van der Waals surface area contributed by atoms with E-state index in [9.17, 15) is 22.4 Å². The number of alkyl halides is 3. The third kappa shape index (κ3) is 5.06. The lowest BCUT2D eigenvalue weighted by Crippen LogP contribution is -2.37. The molecule has 0 saturated carbocycles. The zero-order chi connectivity index (χ0) is 24.5. The smallest absolute Gasteiger partial charge is 0.378 e. The molecule has 0 atom stereocenters. The Morgan fingerprint density at radius 1 is 1.09 bits per heavy atom. The monoisotopic (exact) mass is 476 g/mol. The molecular formula is C24H24F4N4O2. The minimum absolute atomic E-state index is 0.0718. The number of nitrogens with zero attached hydrogens (tertiary/aromatic N) is 3. The van der Waals surface area contributed by atoms with Crippen LogP contribution in [-0.4, -0.2) is 42.0 Å². The number of aromatic nitrogens is 2. The second-order valence-electron chi connectivity index (χ2n) is 8.09. The van der Waals surface area contributed by atoms with Crippen molar-refractivity contribution in [3.63, 3.8) is 0 Å². The van der Waals surface area contributed by atoms with E-state index in [4.69, 9.17) is 4.74 Å². The summed E-state index contributed by atoms with van der Waals surface area (Å²) in [6.45, 7) is 5.47. The van der Waals surface area contributed by atoms with Gasteiger partial charge in [-0.2, -0.15) is 18.3 Å². The van der Waals surface area contributed by atoms with Crippen LogP contribution in [-0.2, 0) is 22.1 Å². The normalized spacial score (nSPS) is 14.4. The van der Waals surface area contributed by atoms with Crippen molar-refractivity contribution < 1.29 is 27.1 Å². The first kappa shape index (κ1) is 23.7. The van der Waals surface area contributed by atoms with E-state index in [0.29, 0.717) is 54.6 Å². The van der Waals surface area contributed by atoms with Crippen molar-refractivity contribution in [1.29, 1.82) is 0 Å². The van der Waals surface area contributed by atoms with Crippen LogP contribution in [0.25, 0.3) is 5.69 Å². The van der Waals surface area contributed by atoms with Gasteiger partial charge in [0.1, 0.15) is 5.82 Å². The molecule has 0 bridgehead atoms. The van der Waals surface area contributed by atoms with Crippen LogP contribution in [0.4, 0.5) is 28.9 Å². The van der Waals surface area contributed by atoms with Crippen LogP contribution >= 0.6 is 0 Å². The van der Waals surface area contributed by atoms with Gasteiger partial charge in [-0.1, -0.05) is 0 Å². The number of ether oxygens (including phenoxy) is 1. The van der Waals surface area contributed by atoms with Gasteiger partial charge in [-0.25, -0.2) is 9.07 Å². The van der Waals surface area contributed by atoms with Crippen LogP contribution in [0, 0.1) is 19.7 Å². The van der Waals surface area contributed by atoms with Crippen molar-refractivity contribution in [1.82, 2.24) is 9.78 Å². The van der Waals surface area contributed by atoms with E-state index in [-0.39, 0.29) is 17.9 Å². The molecule has 180 valence electrons. The van der Waals surface area contributed by atoms with Gasteiger partial charge in [0.2, 0.25) is 5.91 Å². The Morgan fingerprint density at radius 2 is 1.76 bits per heavy atom. The summed E-state index contributed by atoms with van der Waals surface area (Å²) in [5.41, 5.74) is 2.37. The molecule has 1 aromatic heterocycles. The van der Waals surface area contributed by atoms with E-state index in [1.807, 2.05) is 4.90 Å². The van der Waals surface area contributed by atoms with Gasteiger partial charge in [0.25, 0.3) is 0 Å². The average molecular weight is 476 g/mol. The van der Waals surface area contributed by atoms with E-state index >= 15 is 0 Å². The molecule has 10 heteroatoms. The van der Waals surface area contributed by atoms with E-state index in [1.165, 1.54) is 18.2 Å². The summed E-state index contributed by atoms with van der Waals surface area (Å²) in [6.07, 6.45) is -4.61. The molecule has 2 heterocycles. The molecule has 0 aliphatic carbocycles. The summed E-state index contributed by atoms with van der Waals surface area (Å²) < 4.78 is 60.2. The number of carbonyl (C=O) groups is 1. The first-order chi connectivity index (χ1) is 16.1. The lowest BCUT2D eigenvalue weighted by molar-refractivity contribution is -0.137. The number of amides is 1. The molecule has 0 spiro atoms. The molecule has 1 N–H and O–H groups in total. The summed E-state index contributed by atoms with van der Waals surface area (Å²) in [7, 11) is 0. The van der Waals surface area contributed by atoms with Crippen LogP contribution in [0.5, 0.6) is 0 Å². The molecule has 1 amide bonds. The molecule has 2 aromatic carbocycles. The van der Waals surface area contributed by atoms with Crippen molar-refractivity contribution in [2.45, 2.75) is 26.4 Å². The number of hydrogen-bond donors (Lipinski definition) is 1. The molecule has 4 rings (SSSR count). The highest BCUT2D eigenvalue weighted by Gasteiger charge is 2.32. The Labute approximate surface area is 194 Å².